The molecule has 1 aromatic heterocycles. The van der Waals surface area contributed by atoms with E-state index in [4.69, 9.17) is 4.74 Å². The molecule has 3 nitrogen and oxygen atoms in total. The number of pyridine rings is 1. The molecule has 84 valence electrons. The Morgan fingerprint density at radius 2 is 1.88 bits per heavy atom. The predicted molar refractivity (Wildman–Crippen MR) is 56.5 cm³/mol. The Labute approximate surface area is 111 Å². The molecule has 0 aliphatic rings. The molecule has 0 aliphatic carbocycles. The van der Waals surface area contributed by atoms with Crippen molar-refractivity contribution in [2.45, 2.75) is 0 Å². The Bertz CT molecular complexity index is 525. The van der Waals surface area contributed by atoms with Crippen LogP contribution in [0.4, 0.5) is 0 Å². The number of methoxy groups -OCH3 is 1. The van der Waals surface area contributed by atoms with Crippen LogP contribution < -0.4 is 28.5 Å². The van der Waals surface area contributed by atoms with Crippen LogP contribution in [0.15, 0.2) is 36.4 Å². The average molecular weight is 329 g/mol. The van der Waals surface area contributed by atoms with Crippen LogP contribution in [-0.2, 0) is 11.8 Å². The summed E-state index contributed by atoms with van der Waals surface area (Å²) in [5.41, 5.74) is 1.57. The molecule has 0 unspecified atom stereocenters. The van der Waals surface area contributed by atoms with Crippen molar-refractivity contribution >= 4 is 16.9 Å². The lowest BCUT2D eigenvalue weighted by atomic mass is 10.2. The zero-order chi connectivity index (χ0) is 10.8. The first-order valence-corrected chi connectivity index (χ1v) is 4.70. The van der Waals surface area contributed by atoms with E-state index in [1.54, 1.807) is 6.07 Å². The van der Waals surface area contributed by atoms with Gasteiger partial charge in [-0.25, -0.2) is 4.79 Å². The van der Waals surface area contributed by atoms with Crippen LogP contribution in [0.25, 0.3) is 10.9 Å². The van der Waals surface area contributed by atoms with Crippen LogP contribution in [0.1, 0.15) is 10.5 Å². The Balaban J connectivity index is 0.00000128. The Morgan fingerprint density at radius 3 is 2.56 bits per heavy atom. The van der Waals surface area contributed by atoms with E-state index in [2.05, 4.69) is 0 Å². The molecule has 16 heavy (non-hydrogen) atoms. The molecule has 2 rings (SSSR count). The lowest BCUT2D eigenvalue weighted by Crippen LogP contribution is -3.00. The second-order valence-electron chi connectivity index (χ2n) is 3.33. The number of hydrogen-bond donors (Lipinski definition) is 0. The van der Waals surface area contributed by atoms with Gasteiger partial charge in [0.1, 0.15) is 7.05 Å². The molecule has 1 aromatic carbocycles. The second-order valence-corrected chi connectivity index (χ2v) is 3.33. The summed E-state index contributed by atoms with van der Waals surface area (Å²) in [6.45, 7) is 0. The number of fused-ring (bicyclic) bond motifs is 1. The molecule has 0 spiro atoms. The highest BCUT2D eigenvalue weighted by molar-refractivity contribution is 5.87. The van der Waals surface area contributed by atoms with Crippen LogP contribution >= 0.6 is 0 Å². The van der Waals surface area contributed by atoms with Crippen molar-refractivity contribution in [1.29, 1.82) is 0 Å². The van der Waals surface area contributed by atoms with Crippen LogP contribution in [0.5, 0.6) is 0 Å². The first kappa shape index (κ1) is 12.9. The molecule has 1 heterocycles. The van der Waals surface area contributed by atoms with Gasteiger partial charge in [-0.3, -0.25) is 0 Å². The van der Waals surface area contributed by atoms with Crippen LogP contribution in [0.3, 0.4) is 0 Å². The number of carbonyl (C=O) groups excluding carboxylic acids is 1. The van der Waals surface area contributed by atoms with Crippen molar-refractivity contribution < 1.29 is 38.1 Å². The third kappa shape index (κ3) is 2.16. The number of para-hydroxylation sites is 1. The van der Waals surface area contributed by atoms with Gasteiger partial charge in [-0.2, -0.15) is 4.57 Å². The summed E-state index contributed by atoms with van der Waals surface area (Å²) in [6, 6.07) is 11.6. The molecular weight excluding hydrogens is 317 g/mol. The maximum Gasteiger partial charge on any atom is 0.403 e. The van der Waals surface area contributed by atoms with E-state index in [-0.39, 0.29) is 29.9 Å². The van der Waals surface area contributed by atoms with Gasteiger partial charge in [0, 0.05) is 17.5 Å². The zero-order valence-corrected chi connectivity index (χ0v) is 11.3. The predicted octanol–water partition coefficient (Wildman–Crippen LogP) is -1.55. The number of esters is 1. The average Bonchev–Trinajstić information content (AvgIpc) is 2.29. The summed E-state index contributed by atoms with van der Waals surface area (Å²) < 4.78 is 6.54. The molecule has 0 radical (unpaired) electrons. The molecule has 0 saturated heterocycles. The number of ether oxygens (including phenoxy) is 1. The van der Waals surface area contributed by atoms with Gasteiger partial charge in [-0.05, 0) is 12.1 Å². The smallest absolute Gasteiger partial charge is 0.403 e. The van der Waals surface area contributed by atoms with Crippen molar-refractivity contribution in [2.24, 2.45) is 7.05 Å². The van der Waals surface area contributed by atoms with Crippen molar-refractivity contribution in [3.8, 4) is 0 Å². The largest absolute Gasteiger partial charge is 1.00 e. The molecule has 0 bridgehead atoms. The highest BCUT2D eigenvalue weighted by Crippen LogP contribution is 2.10. The van der Waals surface area contributed by atoms with Gasteiger partial charge in [-0.15, -0.1) is 0 Å². The maximum absolute atomic E-state index is 11.4. The Morgan fingerprint density at radius 1 is 1.19 bits per heavy atom. The molecule has 0 atom stereocenters. The number of carbonyl (C=O) groups is 1. The van der Waals surface area contributed by atoms with E-state index in [9.17, 15) is 4.79 Å². The minimum atomic E-state index is -0.316. The first-order chi connectivity index (χ1) is 7.24. The molecule has 2 aromatic rings. The first-order valence-electron chi connectivity index (χ1n) is 4.70. The minimum absolute atomic E-state index is 0. The zero-order valence-electron chi connectivity index (χ0n) is 9.11. The summed E-state index contributed by atoms with van der Waals surface area (Å²) in [6.07, 6.45) is 0. The third-order valence-corrected chi connectivity index (χ3v) is 2.47. The Kier molecular flexibility index (Phi) is 4.23. The molecule has 0 N–H and O–H groups in total. The lowest BCUT2D eigenvalue weighted by Gasteiger charge is -2.00. The molecular formula is C12H12INO2. The topological polar surface area (TPSA) is 30.2 Å². The second kappa shape index (κ2) is 5.25. The minimum Gasteiger partial charge on any atom is -1.00 e. The highest BCUT2D eigenvalue weighted by atomic mass is 127. The monoisotopic (exact) mass is 329 g/mol. The van der Waals surface area contributed by atoms with E-state index in [1.807, 2.05) is 41.9 Å². The number of halogens is 1. The van der Waals surface area contributed by atoms with Crippen LogP contribution in [0, 0.1) is 0 Å². The van der Waals surface area contributed by atoms with Crippen molar-refractivity contribution in [2.75, 3.05) is 7.11 Å². The van der Waals surface area contributed by atoms with Gasteiger partial charge < -0.3 is 28.7 Å². The van der Waals surface area contributed by atoms with E-state index in [0.29, 0.717) is 5.69 Å². The summed E-state index contributed by atoms with van der Waals surface area (Å²) in [5.74, 6) is -0.316. The van der Waals surface area contributed by atoms with E-state index in [1.165, 1.54) is 7.11 Å². The number of hydrogen-bond acceptors (Lipinski definition) is 2. The maximum atomic E-state index is 11.4. The molecule has 0 fully saturated rings. The number of nitrogens with zero attached hydrogens (tertiary/aromatic N) is 1. The van der Waals surface area contributed by atoms with Crippen molar-refractivity contribution in [3.63, 3.8) is 0 Å². The fraction of sp³-hybridized carbons (Fsp3) is 0.167. The standard InChI is InChI=1S/C12H12NO2.HI/c1-13-10-6-4-3-5-9(10)7-8-11(13)12(14)15-2;/h3-8H,1-2H3;1H/q+1;/p-1. The van der Waals surface area contributed by atoms with Crippen LogP contribution in [0.2, 0.25) is 0 Å². The van der Waals surface area contributed by atoms with Gasteiger partial charge in [0.25, 0.3) is 5.69 Å². The van der Waals surface area contributed by atoms with Crippen molar-refractivity contribution in [1.82, 2.24) is 0 Å². The summed E-state index contributed by atoms with van der Waals surface area (Å²) in [7, 11) is 3.24. The summed E-state index contributed by atoms with van der Waals surface area (Å²) in [4.78, 5) is 11.4. The lowest BCUT2D eigenvalue weighted by molar-refractivity contribution is -0.647. The fourth-order valence-corrected chi connectivity index (χ4v) is 1.65. The fourth-order valence-electron chi connectivity index (χ4n) is 1.65. The van der Waals surface area contributed by atoms with Gasteiger partial charge in [-0.1, -0.05) is 12.1 Å². The SMILES string of the molecule is COC(=O)c1ccc2ccccc2[n+]1C.[I-]. The summed E-state index contributed by atoms with van der Waals surface area (Å²) >= 11 is 0. The number of benzene rings is 1. The third-order valence-electron chi connectivity index (χ3n) is 2.47. The van der Waals surface area contributed by atoms with E-state index in [0.717, 1.165) is 10.9 Å². The number of rotatable bonds is 1. The Hall–Kier alpha value is -1.17. The van der Waals surface area contributed by atoms with Gasteiger partial charge in [0.15, 0.2) is 0 Å². The van der Waals surface area contributed by atoms with Gasteiger partial charge >= 0.3 is 5.97 Å². The number of aromatic nitrogens is 1. The molecule has 0 amide bonds. The van der Waals surface area contributed by atoms with Gasteiger partial charge in [0.05, 0.1) is 7.11 Å². The number of aryl methyl sites for hydroxylation is 1. The quantitative estimate of drug-likeness (QED) is 0.361. The van der Waals surface area contributed by atoms with Gasteiger partial charge in [0.2, 0.25) is 5.52 Å². The molecule has 0 aliphatic heterocycles. The van der Waals surface area contributed by atoms with E-state index >= 15 is 0 Å². The van der Waals surface area contributed by atoms with Crippen molar-refractivity contribution in [3.05, 3.63) is 42.1 Å². The summed E-state index contributed by atoms with van der Waals surface area (Å²) in [5, 5.41) is 1.10. The van der Waals surface area contributed by atoms with E-state index < -0.39 is 0 Å². The molecule has 4 heteroatoms. The normalized spacial score (nSPS) is 9.62. The van der Waals surface area contributed by atoms with Crippen LogP contribution in [-0.4, -0.2) is 13.1 Å². The molecule has 0 saturated carbocycles. The highest BCUT2D eigenvalue weighted by Gasteiger charge is 2.18.